The molecule has 1 aliphatic heterocycles. The number of H-pyrrole nitrogens is 1. The van der Waals surface area contributed by atoms with Crippen LogP contribution in [0.5, 0.6) is 0 Å². The van der Waals surface area contributed by atoms with E-state index in [4.69, 9.17) is 14.7 Å². The Morgan fingerprint density at radius 3 is 2.78 bits per heavy atom. The summed E-state index contributed by atoms with van der Waals surface area (Å²) in [4.78, 5) is 36.7. The Balaban J connectivity index is 1.29. The Morgan fingerprint density at radius 2 is 1.95 bits per heavy atom. The number of benzene rings is 2. The van der Waals surface area contributed by atoms with Gasteiger partial charge in [-0.2, -0.15) is 9.61 Å². The molecule has 3 aromatic heterocycles. The first-order chi connectivity index (χ1) is 18.2. The summed E-state index contributed by atoms with van der Waals surface area (Å²) in [6.45, 7) is 0.884. The number of amides is 2. The summed E-state index contributed by atoms with van der Waals surface area (Å²) in [5.74, 6) is 0.540. The van der Waals surface area contributed by atoms with Crippen molar-refractivity contribution in [2.45, 2.75) is 12.6 Å². The molecule has 0 unspecified atom stereocenters. The van der Waals surface area contributed by atoms with Crippen LogP contribution in [0.15, 0.2) is 67.0 Å². The van der Waals surface area contributed by atoms with Crippen LogP contribution in [0, 0.1) is 0 Å². The fraction of sp³-hybridized carbons (Fsp3) is 0.200. The summed E-state index contributed by atoms with van der Waals surface area (Å²) in [6, 6.07) is 16.2. The quantitative estimate of drug-likeness (QED) is 0.336. The minimum Gasteiger partial charge on any atom is -0.445 e. The van der Waals surface area contributed by atoms with E-state index in [1.54, 1.807) is 16.9 Å². The van der Waals surface area contributed by atoms with Gasteiger partial charge in [0, 0.05) is 24.7 Å². The first-order valence-corrected chi connectivity index (χ1v) is 11.8. The molecule has 37 heavy (non-hydrogen) atoms. The molecule has 1 fully saturated rings. The van der Waals surface area contributed by atoms with E-state index >= 15 is 0 Å². The van der Waals surface area contributed by atoms with E-state index < -0.39 is 12.1 Å². The second kappa shape index (κ2) is 9.57. The molecule has 1 saturated heterocycles. The summed E-state index contributed by atoms with van der Waals surface area (Å²) < 4.78 is 7.07. The number of hydrogen-bond donors (Lipinski definition) is 3. The normalized spacial score (nSPS) is 15.9. The maximum absolute atomic E-state index is 12.9. The maximum atomic E-state index is 12.9. The molecule has 12 nitrogen and oxygen atoms in total. The van der Waals surface area contributed by atoms with E-state index in [9.17, 15) is 9.59 Å². The summed E-state index contributed by atoms with van der Waals surface area (Å²) in [5.41, 5.74) is 2.88. The number of carbonyl (C=O) groups is 2. The number of para-hydroxylation sites is 1. The SMILES string of the molecule is O=C1NCCN(C(=O)OCc2ccccc2)C[C@H]1Nc1nc2ccccc2c2nc(-c3cn[nH]c3)nn12. The van der Waals surface area contributed by atoms with E-state index in [0.717, 1.165) is 16.5 Å². The van der Waals surface area contributed by atoms with Crippen LogP contribution in [-0.4, -0.2) is 72.4 Å². The Labute approximate surface area is 210 Å². The Bertz CT molecular complexity index is 1570. The average Bonchev–Trinajstić information content (AvgIpc) is 3.58. The first kappa shape index (κ1) is 22.5. The summed E-state index contributed by atoms with van der Waals surface area (Å²) in [7, 11) is 0. The van der Waals surface area contributed by atoms with Crippen LogP contribution < -0.4 is 10.6 Å². The first-order valence-electron chi connectivity index (χ1n) is 11.8. The summed E-state index contributed by atoms with van der Waals surface area (Å²) in [5, 5.41) is 18.2. The van der Waals surface area contributed by atoms with Crippen LogP contribution in [0.2, 0.25) is 0 Å². The lowest BCUT2D eigenvalue weighted by molar-refractivity contribution is -0.121. The van der Waals surface area contributed by atoms with Gasteiger partial charge in [0.25, 0.3) is 0 Å². The zero-order valence-electron chi connectivity index (χ0n) is 19.7. The summed E-state index contributed by atoms with van der Waals surface area (Å²) >= 11 is 0. The molecule has 0 bridgehead atoms. The third-order valence-electron chi connectivity index (χ3n) is 6.10. The van der Waals surface area contributed by atoms with Gasteiger partial charge in [0.05, 0.1) is 23.8 Å². The smallest absolute Gasteiger partial charge is 0.410 e. The van der Waals surface area contributed by atoms with E-state index in [1.807, 2.05) is 54.6 Å². The molecule has 0 saturated carbocycles. The molecule has 2 amide bonds. The molecule has 1 atom stereocenters. The second-order valence-corrected chi connectivity index (χ2v) is 8.58. The molecule has 186 valence electrons. The van der Waals surface area contributed by atoms with Crippen molar-refractivity contribution in [2.75, 3.05) is 25.0 Å². The van der Waals surface area contributed by atoms with Gasteiger partial charge in [0.1, 0.15) is 12.6 Å². The van der Waals surface area contributed by atoms with Crippen molar-refractivity contribution in [1.29, 1.82) is 0 Å². The molecule has 12 heteroatoms. The average molecular weight is 498 g/mol. The zero-order chi connectivity index (χ0) is 25.2. The van der Waals surface area contributed by atoms with E-state index in [-0.39, 0.29) is 19.1 Å². The fourth-order valence-corrected chi connectivity index (χ4v) is 4.22. The van der Waals surface area contributed by atoms with Crippen molar-refractivity contribution in [3.05, 3.63) is 72.6 Å². The van der Waals surface area contributed by atoms with Crippen LogP contribution in [-0.2, 0) is 16.1 Å². The van der Waals surface area contributed by atoms with Gasteiger partial charge in [-0.1, -0.05) is 42.5 Å². The van der Waals surface area contributed by atoms with Crippen molar-refractivity contribution in [3.63, 3.8) is 0 Å². The van der Waals surface area contributed by atoms with Crippen molar-refractivity contribution in [2.24, 2.45) is 0 Å². The largest absolute Gasteiger partial charge is 0.445 e. The number of nitrogens with zero attached hydrogens (tertiary/aromatic N) is 6. The molecule has 1 aliphatic rings. The van der Waals surface area contributed by atoms with Crippen molar-refractivity contribution < 1.29 is 14.3 Å². The lowest BCUT2D eigenvalue weighted by atomic mass is 10.2. The summed E-state index contributed by atoms with van der Waals surface area (Å²) in [6.07, 6.45) is 2.84. The van der Waals surface area contributed by atoms with Gasteiger partial charge < -0.3 is 20.3 Å². The highest BCUT2D eigenvalue weighted by Gasteiger charge is 2.30. The number of anilines is 1. The molecular formula is C25H23N9O3. The lowest BCUT2D eigenvalue weighted by Gasteiger charge is -2.23. The van der Waals surface area contributed by atoms with Gasteiger partial charge in [-0.3, -0.25) is 9.89 Å². The Hall–Kier alpha value is -5.00. The van der Waals surface area contributed by atoms with Gasteiger partial charge in [0.2, 0.25) is 11.9 Å². The third kappa shape index (κ3) is 4.51. The highest BCUT2D eigenvalue weighted by atomic mass is 16.6. The van der Waals surface area contributed by atoms with Crippen LogP contribution in [0.1, 0.15) is 5.56 Å². The number of hydrogen-bond acceptors (Lipinski definition) is 8. The predicted molar refractivity (Wildman–Crippen MR) is 134 cm³/mol. The standard InChI is InChI=1S/C25H23N9O3/c35-23-20(14-33(11-10-26-23)25(36)37-15-16-6-2-1-3-7-16)30-24-29-19-9-5-4-8-18(19)22-31-21(32-34(22)24)17-12-27-28-13-17/h1-9,12-13,20H,10-11,14-15H2,(H,26,35)(H,27,28)(H,29,30)/t20-/m1/s1. The number of aromatic nitrogens is 6. The zero-order valence-corrected chi connectivity index (χ0v) is 19.7. The topological polar surface area (TPSA) is 142 Å². The van der Waals surface area contributed by atoms with E-state index in [0.29, 0.717) is 36.0 Å². The minimum atomic E-state index is -0.787. The van der Waals surface area contributed by atoms with E-state index in [1.165, 1.54) is 4.90 Å². The maximum Gasteiger partial charge on any atom is 0.410 e. The van der Waals surface area contributed by atoms with Crippen molar-refractivity contribution in [1.82, 2.24) is 40.0 Å². The number of rotatable bonds is 5. The van der Waals surface area contributed by atoms with Gasteiger partial charge in [-0.05, 0) is 17.7 Å². The molecule has 2 aromatic carbocycles. The van der Waals surface area contributed by atoms with Gasteiger partial charge in [-0.25, -0.2) is 14.8 Å². The number of ether oxygens (including phenoxy) is 1. The van der Waals surface area contributed by atoms with Gasteiger partial charge in [-0.15, -0.1) is 5.10 Å². The molecule has 0 radical (unpaired) electrons. The molecule has 6 rings (SSSR count). The van der Waals surface area contributed by atoms with Gasteiger partial charge >= 0.3 is 6.09 Å². The monoisotopic (exact) mass is 497 g/mol. The molecule has 5 aromatic rings. The van der Waals surface area contributed by atoms with Crippen LogP contribution in [0.25, 0.3) is 27.9 Å². The highest BCUT2D eigenvalue weighted by Crippen LogP contribution is 2.24. The molecular weight excluding hydrogens is 474 g/mol. The third-order valence-corrected chi connectivity index (χ3v) is 6.10. The predicted octanol–water partition coefficient (Wildman–Crippen LogP) is 2.22. The molecule has 4 heterocycles. The number of fused-ring (bicyclic) bond motifs is 3. The molecule has 0 spiro atoms. The number of aromatic amines is 1. The highest BCUT2D eigenvalue weighted by molar-refractivity contribution is 5.93. The lowest BCUT2D eigenvalue weighted by Crippen LogP contribution is -2.44. The fourth-order valence-electron chi connectivity index (χ4n) is 4.22. The Morgan fingerprint density at radius 1 is 1.11 bits per heavy atom. The Kier molecular flexibility index (Phi) is 5.81. The second-order valence-electron chi connectivity index (χ2n) is 8.58. The molecule has 3 N–H and O–H groups in total. The number of carbonyl (C=O) groups excluding carboxylic acids is 2. The number of nitrogens with one attached hydrogen (secondary N) is 3. The van der Waals surface area contributed by atoms with E-state index in [2.05, 4.69) is 25.9 Å². The minimum absolute atomic E-state index is 0.0960. The van der Waals surface area contributed by atoms with Gasteiger partial charge in [0.15, 0.2) is 11.5 Å². The van der Waals surface area contributed by atoms with Crippen LogP contribution in [0.3, 0.4) is 0 Å². The molecule has 0 aliphatic carbocycles. The van der Waals surface area contributed by atoms with Crippen LogP contribution >= 0.6 is 0 Å². The van der Waals surface area contributed by atoms with Crippen molar-refractivity contribution >= 4 is 34.5 Å². The van der Waals surface area contributed by atoms with Crippen molar-refractivity contribution in [3.8, 4) is 11.4 Å². The van der Waals surface area contributed by atoms with Crippen LogP contribution in [0.4, 0.5) is 10.7 Å².